The normalized spacial score (nSPS) is 15.2. The summed E-state index contributed by atoms with van der Waals surface area (Å²) < 4.78 is 29.4. The van der Waals surface area contributed by atoms with Crippen LogP contribution in [0.3, 0.4) is 0 Å². The number of anilines is 2. The van der Waals surface area contributed by atoms with Crippen molar-refractivity contribution in [2.45, 2.75) is 12.0 Å². The van der Waals surface area contributed by atoms with Crippen molar-refractivity contribution in [1.82, 2.24) is 4.90 Å². The van der Waals surface area contributed by atoms with Crippen LogP contribution in [-0.2, 0) is 4.79 Å². The summed E-state index contributed by atoms with van der Waals surface area (Å²) in [5.41, 5.74) is -2.15. The van der Waals surface area contributed by atoms with Crippen molar-refractivity contribution in [2.75, 3.05) is 42.9 Å². The molecule has 29 heavy (non-hydrogen) atoms. The Hall–Kier alpha value is -2.09. The molecule has 1 amide bonds. The number of hydrogen-bond donors (Lipinski definition) is 1. The Morgan fingerprint density at radius 3 is 2.41 bits per heavy atom. The molecule has 0 saturated carbocycles. The predicted octanol–water partition coefficient (Wildman–Crippen LogP) is 4.66. The molecule has 1 N–H and O–H groups in total. The van der Waals surface area contributed by atoms with Gasteiger partial charge < -0.3 is 15.0 Å². The molecule has 9 heteroatoms. The summed E-state index contributed by atoms with van der Waals surface area (Å²) >= 11 is 10.8. The second-order valence-corrected chi connectivity index (χ2v) is 7.56. The van der Waals surface area contributed by atoms with Gasteiger partial charge in [0.25, 0.3) is 0 Å². The molecule has 3 rings (SSSR count). The van der Waals surface area contributed by atoms with Gasteiger partial charge in [0, 0.05) is 67.1 Å². The lowest BCUT2D eigenvalue weighted by Gasteiger charge is -2.36. The molecule has 156 valence electrons. The molecule has 0 spiro atoms. The third-order valence-corrected chi connectivity index (χ3v) is 4.88. The van der Waals surface area contributed by atoms with E-state index in [0.717, 1.165) is 36.9 Å². The molecule has 1 aliphatic rings. The highest BCUT2D eigenvalue weighted by Gasteiger charge is 2.27. The van der Waals surface area contributed by atoms with Gasteiger partial charge in [-0.25, -0.2) is 0 Å². The first-order valence-corrected chi connectivity index (χ1v) is 9.93. The van der Waals surface area contributed by atoms with Crippen molar-refractivity contribution in [3.8, 4) is 5.75 Å². The maximum absolute atomic E-state index is 12.6. The predicted molar refractivity (Wildman–Crippen MR) is 111 cm³/mol. The van der Waals surface area contributed by atoms with E-state index in [1.807, 2.05) is 24.3 Å². The molecule has 1 heterocycles. The van der Waals surface area contributed by atoms with Crippen LogP contribution in [0.1, 0.15) is 6.42 Å². The number of carbonyl (C=O) groups excluding carboxylic acids is 1. The lowest BCUT2D eigenvalue weighted by atomic mass is 10.2. The van der Waals surface area contributed by atoms with Crippen molar-refractivity contribution in [1.29, 1.82) is 0 Å². The number of piperazine rings is 1. The number of ether oxygens (including phenoxy) is 1. The Labute approximate surface area is 178 Å². The number of rotatable bonds is 7. The summed E-state index contributed by atoms with van der Waals surface area (Å²) in [6.07, 6.45) is 0.342. The molecule has 0 aliphatic carbocycles. The first-order chi connectivity index (χ1) is 13.8. The minimum Gasteiger partial charge on any atom is -0.420 e. The lowest BCUT2D eigenvalue weighted by Crippen LogP contribution is -2.47. The molecule has 0 aromatic heterocycles. The molecule has 5 nitrogen and oxygen atoms in total. The Morgan fingerprint density at radius 2 is 1.79 bits per heavy atom. The molecular weight excluding hydrogens is 423 g/mol. The van der Waals surface area contributed by atoms with E-state index in [4.69, 9.17) is 23.2 Å². The van der Waals surface area contributed by atoms with E-state index in [1.54, 1.807) is 0 Å². The number of hydrogen-bond acceptors (Lipinski definition) is 4. The average molecular weight is 444 g/mol. The van der Waals surface area contributed by atoms with Crippen molar-refractivity contribution < 1.29 is 18.3 Å². The number of nitrogens with zero attached hydrogens (tertiary/aromatic N) is 2. The van der Waals surface area contributed by atoms with Crippen LogP contribution >= 0.6 is 23.2 Å². The second-order valence-electron chi connectivity index (χ2n) is 6.68. The van der Waals surface area contributed by atoms with Crippen LogP contribution in [0.2, 0.25) is 5.02 Å². The SMILES string of the molecule is O=C(CCN1CCN(c2cccc(Cl)c2)CC1)Nc1ccc(OC(F)(F)Cl)cc1. The first kappa shape index (κ1) is 21.6. The number of nitrogens with one attached hydrogen (secondary N) is 1. The van der Waals surface area contributed by atoms with Crippen LogP contribution in [0.5, 0.6) is 5.75 Å². The van der Waals surface area contributed by atoms with Crippen LogP contribution in [0.25, 0.3) is 0 Å². The zero-order valence-corrected chi connectivity index (χ0v) is 17.1. The summed E-state index contributed by atoms with van der Waals surface area (Å²) in [6, 6.07) is 13.4. The highest BCUT2D eigenvalue weighted by atomic mass is 35.5. The molecule has 2 aromatic carbocycles. The van der Waals surface area contributed by atoms with Gasteiger partial charge in [0.1, 0.15) is 5.75 Å². The summed E-state index contributed by atoms with van der Waals surface area (Å²) in [5.74, 6) is -0.223. The highest BCUT2D eigenvalue weighted by Crippen LogP contribution is 2.26. The Morgan fingerprint density at radius 1 is 1.10 bits per heavy atom. The number of benzene rings is 2. The zero-order chi connectivity index (χ0) is 20.9. The number of halogens is 4. The third-order valence-electron chi connectivity index (χ3n) is 4.57. The van der Waals surface area contributed by atoms with Crippen LogP contribution in [-0.4, -0.2) is 49.1 Å². The quantitative estimate of drug-likeness (QED) is 0.632. The van der Waals surface area contributed by atoms with E-state index in [9.17, 15) is 13.6 Å². The van der Waals surface area contributed by atoms with Gasteiger partial charge in [0.15, 0.2) is 0 Å². The van der Waals surface area contributed by atoms with Crippen molar-refractivity contribution in [3.05, 3.63) is 53.6 Å². The maximum atomic E-state index is 12.6. The van der Waals surface area contributed by atoms with Crippen LogP contribution in [0.4, 0.5) is 20.2 Å². The lowest BCUT2D eigenvalue weighted by molar-refractivity contribution is -0.116. The van der Waals surface area contributed by atoms with Gasteiger partial charge in [0.05, 0.1) is 0 Å². The summed E-state index contributed by atoms with van der Waals surface area (Å²) in [6.45, 7) is 4.11. The van der Waals surface area contributed by atoms with Gasteiger partial charge in [-0.1, -0.05) is 17.7 Å². The molecule has 0 bridgehead atoms. The summed E-state index contributed by atoms with van der Waals surface area (Å²) in [4.78, 5) is 16.7. The highest BCUT2D eigenvalue weighted by molar-refractivity contribution is 6.30. The monoisotopic (exact) mass is 443 g/mol. The van der Waals surface area contributed by atoms with Gasteiger partial charge in [-0.15, -0.1) is 8.78 Å². The average Bonchev–Trinajstić information content (AvgIpc) is 2.67. The molecule has 0 atom stereocenters. The summed E-state index contributed by atoms with van der Waals surface area (Å²) in [7, 11) is 0. The molecule has 0 unspecified atom stereocenters. The number of carbonyl (C=O) groups is 1. The fraction of sp³-hybridized carbons (Fsp3) is 0.350. The van der Waals surface area contributed by atoms with E-state index in [0.29, 0.717) is 18.7 Å². The Kier molecular flexibility index (Phi) is 7.16. The van der Waals surface area contributed by atoms with Crippen LogP contribution < -0.4 is 15.0 Å². The third kappa shape index (κ3) is 7.03. The molecule has 1 aliphatic heterocycles. The van der Waals surface area contributed by atoms with Crippen molar-refractivity contribution in [3.63, 3.8) is 0 Å². The molecule has 1 saturated heterocycles. The number of alkyl halides is 3. The van der Waals surface area contributed by atoms with E-state index in [1.165, 1.54) is 24.3 Å². The first-order valence-electron chi connectivity index (χ1n) is 9.17. The van der Waals surface area contributed by atoms with Gasteiger partial charge in [-0.05, 0) is 42.5 Å². The fourth-order valence-corrected chi connectivity index (χ4v) is 3.40. The summed E-state index contributed by atoms with van der Waals surface area (Å²) in [5, 5.41) is 3.47. The molecule has 1 fully saturated rings. The Bertz CT molecular complexity index is 823. The smallest absolute Gasteiger partial charge is 0.420 e. The topological polar surface area (TPSA) is 44.8 Å². The van der Waals surface area contributed by atoms with Crippen molar-refractivity contribution >= 4 is 40.5 Å². The second kappa shape index (κ2) is 9.61. The largest absolute Gasteiger partial charge is 0.487 e. The number of amides is 1. The van der Waals surface area contributed by atoms with Gasteiger partial charge in [-0.3, -0.25) is 9.69 Å². The van der Waals surface area contributed by atoms with Crippen molar-refractivity contribution in [2.24, 2.45) is 0 Å². The van der Waals surface area contributed by atoms with Crippen LogP contribution in [0, 0.1) is 0 Å². The van der Waals surface area contributed by atoms with E-state index >= 15 is 0 Å². The minimum atomic E-state index is -3.76. The van der Waals surface area contributed by atoms with E-state index in [-0.39, 0.29) is 11.7 Å². The zero-order valence-electron chi connectivity index (χ0n) is 15.6. The molecule has 0 radical (unpaired) electrons. The molecular formula is C20H21Cl2F2N3O2. The van der Waals surface area contributed by atoms with E-state index in [2.05, 4.69) is 19.9 Å². The Balaban J connectivity index is 1.40. The van der Waals surface area contributed by atoms with Gasteiger partial charge in [0.2, 0.25) is 5.91 Å². The molecule has 2 aromatic rings. The minimum absolute atomic E-state index is 0.0828. The van der Waals surface area contributed by atoms with Gasteiger partial charge >= 0.3 is 5.57 Å². The van der Waals surface area contributed by atoms with E-state index < -0.39 is 5.57 Å². The fourth-order valence-electron chi connectivity index (χ4n) is 3.13. The maximum Gasteiger partial charge on any atom is 0.487 e. The van der Waals surface area contributed by atoms with Gasteiger partial charge in [-0.2, -0.15) is 0 Å². The standard InChI is InChI=1S/C20H21Cl2F2N3O2/c21-15-2-1-3-17(14-15)27-12-10-26(11-13-27)9-8-19(28)25-16-4-6-18(7-5-16)29-20(22,23)24/h1-7,14H,8-13H2,(H,25,28). The van der Waals surface area contributed by atoms with Crippen LogP contribution in [0.15, 0.2) is 48.5 Å².